The van der Waals surface area contributed by atoms with Crippen LogP contribution in [0.1, 0.15) is 65.4 Å². The summed E-state index contributed by atoms with van der Waals surface area (Å²) in [6, 6.07) is 5.17. The Morgan fingerprint density at radius 2 is 1.70 bits per heavy atom. The van der Waals surface area contributed by atoms with Gasteiger partial charge >= 0.3 is 0 Å². The van der Waals surface area contributed by atoms with Gasteiger partial charge in [-0.15, -0.1) is 0 Å². The molecule has 0 unspecified atom stereocenters. The van der Waals surface area contributed by atoms with Gasteiger partial charge in [0, 0.05) is 26.1 Å². The quantitative estimate of drug-likeness (QED) is 0.0469. The minimum absolute atomic E-state index is 0.117. The third-order valence-electron chi connectivity index (χ3n) is 7.84. The van der Waals surface area contributed by atoms with Crippen molar-refractivity contribution >= 4 is 41.8 Å². The summed E-state index contributed by atoms with van der Waals surface area (Å²) >= 11 is 0. The van der Waals surface area contributed by atoms with E-state index in [0.717, 1.165) is 5.56 Å². The number of hydrogen-bond donors (Lipinski definition) is 7. The predicted molar refractivity (Wildman–Crippen MR) is 173 cm³/mol. The molecule has 5 amide bonds. The Balaban J connectivity index is 2.13. The Morgan fingerprint density at radius 3 is 2.30 bits per heavy atom. The zero-order valence-corrected chi connectivity index (χ0v) is 27.3. The van der Waals surface area contributed by atoms with E-state index in [1.165, 1.54) is 4.90 Å². The lowest BCUT2D eigenvalue weighted by Crippen LogP contribution is -2.58. The van der Waals surface area contributed by atoms with Crippen LogP contribution in [0.15, 0.2) is 30.3 Å². The van der Waals surface area contributed by atoms with E-state index in [2.05, 4.69) is 26.6 Å². The molecule has 0 spiro atoms. The fourth-order valence-corrected chi connectivity index (χ4v) is 5.15. The first kappa shape index (κ1) is 37.7. The number of nitrogens with one attached hydrogen (secondary N) is 6. The van der Waals surface area contributed by atoms with Gasteiger partial charge in [-0.05, 0) is 36.7 Å². The molecule has 0 radical (unpaired) electrons. The maximum Gasteiger partial charge on any atom is 0.245 e. The molecule has 0 aliphatic carbocycles. The Labute approximate surface area is 270 Å². The maximum absolute atomic E-state index is 13.7. The number of nitrogens with two attached hydrogens (primary N) is 1. The molecule has 14 nitrogen and oxygen atoms in total. The number of carbonyl (C=O) groups is 6. The molecule has 1 heterocycles. The third kappa shape index (κ3) is 12.1. The zero-order valence-electron chi connectivity index (χ0n) is 27.3. The van der Waals surface area contributed by atoms with Crippen molar-refractivity contribution in [1.82, 2.24) is 31.5 Å². The normalized spacial score (nSPS) is 16.9. The molecule has 1 aromatic rings. The van der Waals surface area contributed by atoms with Crippen molar-refractivity contribution in [3.8, 4) is 0 Å². The van der Waals surface area contributed by atoms with Crippen molar-refractivity contribution in [3.63, 3.8) is 0 Å². The first-order valence-electron chi connectivity index (χ1n) is 15.9. The van der Waals surface area contributed by atoms with Crippen molar-refractivity contribution in [2.75, 3.05) is 19.6 Å². The molecular weight excluding hydrogens is 592 g/mol. The molecule has 1 fully saturated rings. The van der Waals surface area contributed by atoms with Gasteiger partial charge < -0.3 is 42.0 Å². The van der Waals surface area contributed by atoms with E-state index in [4.69, 9.17) is 11.1 Å². The number of aldehydes is 1. The van der Waals surface area contributed by atoms with Crippen LogP contribution in [0.5, 0.6) is 0 Å². The summed E-state index contributed by atoms with van der Waals surface area (Å²) in [5.74, 6) is -2.77. The average molecular weight is 643 g/mol. The van der Waals surface area contributed by atoms with Crippen molar-refractivity contribution < 1.29 is 28.8 Å². The lowest BCUT2D eigenvalue weighted by molar-refractivity contribution is -0.142. The van der Waals surface area contributed by atoms with Crippen molar-refractivity contribution in [2.45, 2.75) is 90.4 Å². The van der Waals surface area contributed by atoms with Crippen LogP contribution in [0.2, 0.25) is 0 Å². The van der Waals surface area contributed by atoms with Crippen molar-refractivity contribution in [2.24, 2.45) is 17.6 Å². The van der Waals surface area contributed by atoms with Crippen LogP contribution < -0.4 is 32.3 Å². The van der Waals surface area contributed by atoms with Crippen LogP contribution in [-0.4, -0.2) is 90.5 Å². The zero-order chi connectivity index (χ0) is 34.2. The summed E-state index contributed by atoms with van der Waals surface area (Å²) in [5.41, 5.74) is 6.13. The average Bonchev–Trinajstić information content (AvgIpc) is 3.35. The fraction of sp³-hybridized carbons (Fsp3) is 0.594. The number of benzene rings is 1. The van der Waals surface area contributed by atoms with Gasteiger partial charge in [0.15, 0.2) is 5.96 Å². The Bertz CT molecular complexity index is 1210. The smallest absolute Gasteiger partial charge is 0.245 e. The fourth-order valence-electron chi connectivity index (χ4n) is 5.15. The molecule has 0 saturated carbocycles. The molecule has 14 heteroatoms. The first-order valence-corrected chi connectivity index (χ1v) is 15.9. The first-order chi connectivity index (χ1) is 21.9. The van der Waals surface area contributed by atoms with E-state index >= 15 is 0 Å². The lowest BCUT2D eigenvalue weighted by atomic mass is 9.96. The van der Waals surface area contributed by atoms with Gasteiger partial charge in [0.25, 0.3) is 0 Å². The summed E-state index contributed by atoms with van der Waals surface area (Å²) in [7, 11) is 0. The molecule has 8 N–H and O–H groups in total. The predicted octanol–water partition coefficient (Wildman–Crippen LogP) is -0.0450. The summed E-state index contributed by atoms with van der Waals surface area (Å²) in [6.45, 7) is 8.48. The molecule has 1 aliphatic heterocycles. The van der Waals surface area contributed by atoms with Crippen molar-refractivity contribution in [1.29, 1.82) is 5.41 Å². The highest BCUT2D eigenvalue weighted by Crippen LogP contribution is 2.22. The highest BCUT2D eigenvalue weighted by atomic mass is 16.2. The van der Waals surface area contributed by atoms with E-state index in [1.54, 1.807) is 0 Å². The number of rotatable bonds is 19. The summed E-state index contributed by atoms with van der Waals surface area (Å²) in [4.78, 5) is 79.1. The van der Waals surface area contributed by atoms with E-state index in [1.807, 2.05) is 58.0 Å². The molecule has 1 saturated heterocycles. The van der Waals surface area contributed by atoms with Crippen LogP contribution >= 0.6 is 0 Å². The number of amides is 5. The van der Waals surface area contributed by atoms with Crippen LogP contribution in [0.4, 0.5) is 0 Å². The van der Waals surface area contributed by atoms with Gasteiger partial charge in [-0.25, -0.2) is 0 Å². The summed E-state index contributed by atoms with van der Waals surface area (Å²) in [5, 5.41) is 20.8. The van der Waals surface area contributed by atoms with Crippen LogP contribution in [-0.2, 0) is 35.2 Å². The second kappa shape index (κ2) is 19.1. The molecule has 1 aromatic carbocycles. The minimum Gasteiger partial charge on any atom is -0.370 e. The molecule has 1 aliphatic rings. The highest BCUT2D eigenvalue weighted by molar-refractivity contribution is 5.97. The van der Waals surface area contributed by atoms with E-state index in [9.17, 15) is 28.8 Å². The second-order valence-electron chi connectivity index (χ2n) is 12.1. The number of carbonyl (C=O) groups excluding carboxylic acids is 6. The van der Waals surface area contributed by atoms with E-state index in [-0.39, 0.29) is 55.4 Å². The third-order valence-corrected chi connectivity index (χ3v) is 7.84. The summed E-state index contributed by atoms with van der Waals surface area (Å²) in [6.07, 6.45) is 1.77. The van der Waals surface area contributed by atoms with Gasteiger partial charge in [-0.1, -0.05) is 64.4 Å². The molecule has 254 valence electrons. The highest BCUT2D eigenvalue weighted by Gasteiger charge is 2.42. The second-order valence-corrected chi connectivity index (χ2v) is 12.1. The Kier molecular flexibility index (Phi) is 15.7. The van der Waals surface area contributed by atoms with E-state index in [0.29, 0.717) is 38.6 Å². The summed E-state index contributed by atoms with van der Waals surface area (Å²) < 4.78 is 0. The van der Waals surface area contributed by atoms with Crippen LogP contribution in [0.25, 0.3) is 0 Å². The molecule has 5 atom stereocenters. The molecule has 0 aromatic heterocycles. The van der Waals surface area contributed by atoms with Gasteiger partial charge in [0.05, 0.1) is 6.42 Å². The SMILES string of the molecule is CC[C@H](C)[C@@H](C(=O)N[C@@H](CC=O)C(=O)N[C@@H](CCCNC(=N)N)C(=O)NCC(C)C)N1CC[C@@H](NC(=O)Cc2ccccc2)C1=O. The Morgan fingerprint density at radius 1 is 1.02 bits per heavy atom. The van der Waals surface area contributed by atoms with Crippen LogP contribution in [0, 0.1) is 17.2 Å². The number of guanidine groups is 1. The largest absolute Gasteiger partial charge is 0.370 e. The molecule has 2 rings (SSSR count). The number of likely N-dealkylation sites (tertiary alicyclic amines) is 1. The van der Waals surface area contributed by atoms with Gasteiger partial charge in [-0.2, -0.15) is 0 Å². The molecule has 46 heavy (non-hydrogen) atoms. The minimum atomic E-state index is -1.29. The standard InChI is InChI=1S/C32H50N8O6/c1-5-21(4)27(40-16-13-25(31(40)46)37-26(42)18-22-10-7-6-8-11-22)30(45)39-24(14-17-41)29(44)38-23(12-9-15-35-32(33)34)28(43)36-19-20(2)3/h6-8,10-11,17,20-21,23-25,27H,5,9,12-16,18-19H2,1-4H3,(H,36,43)(H,37,42)(H,38,44)(H,39,45)(H4,33,34,35)/t21-,23-,24-,25+,27-/m0/s1. The van der Waals surface area contributed by atoms with E-state index < -0.39 is 41.9 Å². The maximum atomic E-state index is 13.7. The van der Waals surface area contributed by atoms with Crippen molar-refractivity contribution in [3.05, 3.63) is 35.9 Å². The molecule has 0 bridgehead atoms. The molecular formula is C32H50N8O6. The number of hydrogen-bond acceptors (Lipinski definition) is 7. The van der Waals surface area contributed by atoms with Gasteiger partial charge in [0.2, 0.25) is 29.5 Å². The monoisotopic (exact) mass is 642 g/mol. The van der Waals surface area contributed by atoms with Gasteiger partial charge in [-0.3, -0.25) is 29.4 Å². The Hall–Kier alpha value is -4.49. The van der Waals surface area contributed by atoms with Crippen LogP contribution in [0.3, 0.4) is 0 Å². The lowest BCUT2D eigenvalue weighted by Gasteiger charge is -2.33. The number of nitrogens with zero attached hydrogens (tertiary/aromatic N) is 1. The van der Waals surface area contributed by atoms with Gasteiger partial charge in [0.1, 0.15) is 30.5 Å². The topological polar surface area (TPSA) is 216 Å².